The van der Waals surface area contributed by atoms with Gasteiger partial charge in [0, 0.05) is 27.1 Å². The van der Waals surface area contributed by atoms with Crippen LogP contribution in [0.3, 0.4) is 0 Å². The highest BCUT2D eigenvalue weighted by Crippen LogP contribution is 2.34. The van der Waals surface area contributed by atoms with Crippen LogP contribution in [0.15, 0.2) is 211 Å². The van der Waals surface area contributed by atoms with Crippen LogP contribution in [0.25, 0.3) is 66.9 Å². The lowest BCUT2D eigenvalue weighted by atomic mass is 10.2. The topological polar surface area (TPSA) is 48.5 Å². The van der Waals surface area contributed by atoms with Crippen molar-refractivity contribution in [2.75, 3.05) is 0 Å². The molecule has 3 aromatic heterocycles. The summed E-state index contributed by atoms with van der Waals surface area (Å²) in [7, 11) is -6.60. The molecular weight excluding hydrogens is 711 g/mol. The van der Waals surface area contributed by atoms with Gasteiger partial charge in [0.1, 0.15) is 0 Å². The Kier molecular flexibility index (Phi) is 3.08. The first-order valence-corrected chi connectivity index (χ1v) is 18.4. The third-order valence-corrected chi connectivity index (χ3v) is 12.9. The van der Waals surface area contributed by atoms with Gasteiger partial charge in [-0.2, -0.15) is 15.0 Å². The zero-order chi connectivity index (χ0) is 68.2. The number of hydrogen-bond acceptors (Lipinski definition) is 3. The van der Waals surface area contributed by atoms with E-state index in [-0.39, 0.29) is 0 Å². The van der Waals surface area contributed by atoms with Gasteiger partial charge in [-0.25, -0.2) is 0 Å². The maximum absolute atomic E-state index is 10.5. The molecule has 11 aromatic rings. The Balaban J connectivity index is 1.49. The highest BCUT2D eigenvalue weighted by molar-refractivity contribution is 7.19. The molecule has 0 amide bonds. The quantitative estimate of drug-likeness (QED) is 0.120. The second kappa shape index (κ2) is 13.4. The minimum Gasteiger partial charge on any atom is -0.278 e. The Labute approximate surface area is 380 Å². The third-order valence-electron chi connectivity index (χ3n) is 8.93. The lowest BCUT2D eigenvalue weighted by Crippen LogP contribution is -2.74. The molecule has 0 saturated carbocycles. The normalized spacial score (nSPS) is 20.5. The van der Waals surface area contributed by atoms with Gasteiger partial charge in [0.2, 0.25) is 11.9 Å². The maximum atomic E-state index is 10.5. The van der Waals surface area contributed by atoms with E-state index in [0.717, 1.165) is 0 Å². The number of benzene rings is 8. The molecule has 0 aliphatic carbocycles. The van der Waals surface area contributed by atoms with Crippen molar-refractivity contribution >= 4 is 72.4 Å². The third kappa shape index (κ3) is 5.19. The van der Waals surface area contributed by atoms with E-state index >= 15 is 0 Å². The smallest absolute Gasteiger partial charge is 0.240 e. The van der Waals surface area contributed by atoms with E-state index in [2.05, 4.69) is 15.0 Å². The molecule has 0 unspecified atom stereocenters. The highest BCUT2D eigenvalue weighted by Gasteiger charge is 2.41. The molecule has 0 radical (unpaired) electrons. The summed E-state index contributed by atoms with van der Waals surface area (Å²) in [6.45, 7) is 0. The van der Waals surface area contributed by atoms with Gasteiger partial charge < -0.3 is 0 Å². The standard InChI is InChI=1S/C51H35N5Si/c1-4-20-37(21-5-1)57(38-22-6-2-7-23-38,39-24-8-3-9-25-39)40-26-18-19-36(35-40)49-52-50(55-45-31-14-10-27-41(45)42-28-11-15-32-46(42)55)54-51(53-49)56-47-33-16-12-29-43(47)44-30-13-17-34-48(44)56/h1-35H/i1D,2D,3D,4D,5D,6D,7D,8D,9D,10D,11D,12D,13D,14D,15D,16D,17D,18D,19D,20D,21D,22D,23D,24D,25D,26D,27D,28D,29D,30D,31D,32D,33D,34D,35D. The van der Waals surface area contributed by atoms with Gasteiger partial charge in [0.25, 0.3) is 0 Å². The molecule has 268 valence electrons. The number of rotatable bonds is 7. The van der Waals surface area contributed by atoms with Gasteiger partial charge in [-0.1, -0.05) is 187 Å². The Bertz CT molecular complexity index is 4720. The fraction of sp³-hybridized carbons (Fsp3) is 0. The Hall–Kier alpha value is -7.41. The van der Waals surface area contributed by atoms with E-state index in [9.17, 15) is 19.2 Å². The first-order chi connectivity index (χ1) is 42.8. The molecule has 11 rings (SSSR count). The van der Waals surface area contributed by atoms with Crippen LogP contribution in [-0.4, -0.2) is 32.2 Å². The molecule has 0 spiro atoms. The van der Waals surface area contributed by atoms with Crippen LogP contribution < -0.4 is 20.7 Å². The van der Waals surface area contributed by atoms with Crippen molar-refractivity contribution in [3.8, 4) is 23.3 Å². The van der Waals surface area contributed by atoms with Crippen LogP contribution in [-0.2, 0) is 0 Å². The number of hydrogen-bond donors (Lipinski definition) is 0. The van der Waals surface area contributed by atoms with Crippen molar-refractivity contribution in [3.05, 3.63) is 211 Å². The lowest BCUT2D eigenvalue weighted by molar-refractivity contribution is 0.893. The molecule has 0 atom stereocenters. The predicted molar refractivity (Wildman–Crippen MR) is 238 cm³/mol. The van der Waals surface area contributed by atoms with E-state index < -0.39 is 307 Å². The summed E-state index contributed by atoms with van der Waals surface area (Å²) in [5, 5.41) is -7.54. The molecule has 3 heterocycles. The van der Waals surface area contributed by atoms with Crippen LogP contribution in [0.5, 0.6) is 0 Å². The Morgan fingerprint density at radius 1 is 0.333 bits per heavy atom. The van der Waals surface area contributed by atoms with E-state index in [1.807, 2.05) is 0 Å². The van der Waals surface area contributed by atoms with E-state index in [1.54, 1.807) is 0 Å². The number of para-hydroxylation sites is 4. The molecule has 57 heavy (non-hydrogen) atoms. The molecule has 0 N–H and O–H groups in total. The van der Waals surface area contributed by atoms with Gasteiger partial charge in [-0.15, -0.1) is 0 Å². The van der Waals surface area contributed by atoms with Crippen molar-refractivity contribution in [1.82, 2.24) is 24.1 Å². The molecule has 0 fully saturated rings. The average Bonchev–Trinajstić information content (AvgIpc) is 0.793. The van der Waals surface area contributed by atoms with Crippen molar-refractivity contribution < 1.29 is 48.0 Å². The van der Waals surface area contributed by atoms with Crippen LogP contribution in [0.2, 0.25) is 0 Å². The highest BCUT2D eigenvalue weighted by atomic mass is 28.3. The molecule has 0 bridgehead atoms. The Morgan fingerprint density at radius 3 is 1.05 bits per heavy atom. The second-order valence-electron chi connectivity index (χ2n) is 11.8. The summed E-state index contributed by atoms with van der Waals surface area (Å²) in [5.41, 5.74) is -4.24. The molecule has 8 aromatic carbocycles. The number of fused-ring (bicyclic) bond motifs is 6. The van der Waals surface area contributed by atoms with Crippen LogP contribution >= 0.6 is 0 Å². The summed E-state index contributed by atoms with van der Waals surface area (Å²) in [6, 6.07) is -40.4. The fourth-order valence-electron chi connectivity index (χ4n) is 6.61. The summed E-state index contributed by atoms with van der Waals surface area (Å²) >= 11 is 0. The maximum Gasteiger partial charge on any atom is 0.240 e. The average molecular weight is 781 g/mol. The molecule has 0 aliphatic rings. The molecule has 5 nitrogen and oxygen atoms in total. The van der Waals surface area contributed by atoms with Gasteiger partial charge in [0.05, 0.1) is 70.0 Å². The Morgan fingerprint density at radius 2 is 0.667 bits per heavy atom. The minimum absolute atomic E-state index is 0.620. The van der Waals surface area contributed by atoms with Gasteiger partial charge in [0.15, 0.2) is 13.9 Å². The van der Waals surface area contributed by atoms with Crippen molar-refractivity contribution in [3.63, 3.8) is 0 Å². The molecule has 0 saturated heterocycles. The minimum atomic E-state index is -6.60. The SMILES string of the molecule is [2H]c1c([2H])c([2H])c([Si](c2c([2H])c([2H])c([2H])c([2H])c2[2H])(c2c([2H])c([2H])c([2H])c([2H])c2[2H])c2c([2H])c([2H])c([2H])c(-c3nc(-n4c5c([2H])c([2H])c([2H])c([2H])c5c5c([2H])c([2H])c([2H])c([2H])c54)nc(-n4c5c([2H])c([2H])c([2H])c([2H])c5c5c([2H])c([2H])c([2H])c([2H])c54)n3)c2[2H])c([2H])c1[2H]. The van der Waals surface area contributed by atoms with Crippen LogP contribution in [0, 0.1) is 0 Å². The molecular formula is C51H35N5Si. The lowest BCUT2D eigenvalue weighted by Gasteiger charge is -2.34. The zero-order valence-corrected chi connectivity index (χ0v) is 29.2. The van der Waals surface area contributed by atoms with Crippen LogP contribution in [0.1, 0.15) is 48.0 Å². The summed E-state index contributed by atoms with van der Waals surface area (Å²) in [5.74, 6) is -3.46. The summed E-state index contributed by atoms with van der Waals surface area (Å²) in [4.78, 5) is 13.6. The van der Waals surface area contributed by atoms with Crippen molar-refractivity contribution in [2.24, 2.45) is 0 Å². The monoisotopic (exact) mass is 780 g/mol. The molecule has 0 aliphatic heterocycles. The first kappa shape index (κ1) is 13.1. The molecule has 6 heteroatoms. The van der Waals surface area contributed by atoms with Gasteiger partial charge in [-0.05, 0) is 44.9 Å². The first-order valence-electron chi connectivity index (χ1n) is 33.9. The predicted octanol–water partition coefficient (Wildman–Crippen LogP) is 9.11. The van der Waals surface area contributed by atoms with Crippen molar-refractivity contribution in [1.29, 1.82) is 0 Å². The van der Waals surface area contributed by atoms with E-state index in [0.29, 0.717) is 9.13 Å². The second-order valence-corrected chi connectivity index (χ2v) is 15.3. The fourth-order valence-corrected chi connectivity index (χ4v) is 10.2. The van der Waals surface area contributed by atoms with Crippen molar-refractivity contribution in [2.45, 2.75) is 0 Å². The summed E-state index contributed by atoms with van der Waals surface area (Å²) < 4.78 is 322. The van der Waals surface area contributed by atoms with Gasteiger partial charge >= 0.3 is 0 Å². The van der Waals surface area contributed by atoms with Crippen LogP contribution in [0.4, 0.5) is 0 Å². The van der Waals surface area contributed by atoms with E-state index in [1.165, 1.54) is 0 Å². The number of aromatic nitrogens is 5. The zero-order valence-electron chi connectivity index (χ0n) is 63.2. The summed E-state index contributed by atoms with van der Waals surface area (Å²) in [6.07, 6.45) is 0. The van der Waals surface area contributed by atoms with E-state index in [4.69, 9.17) is 28.8 Å². The van der Waals surface area contributed by atoms with Gasteiger partial charge in [-0.3, -0.25) is 9.13 Å². The largest absolute Gasteiger partial charge is 0.278 e. The number of nitrogens with zero attached hydrogens (tertiary/aromatic N) is 5.